The fourth-order valence-corrected chi connectivity index (χ4v) is 5.32. The Balaban J connectivity index is 1.74. The summed E-state index contributed by atoms with van der Waals surface area (Å²) in [6.45, 7) is 0. The number of hydrogen-bond donors (Lipinski definition) is 4. The molecular formula is C22H21ClN4O7S2. The molecule has 0 saturated heterocycles. The van der Waals surface area contributed by atoms with Crippen molar-refractivity contribution in [1.29, 1.82) is 0 Å². The fraction of sp³-hybridized carbons (Fsp3) is 0.0909. The van der Waals surface area contributed by atoms with Crippen molar-refractivity contribution in [2.75, 3.05) is 18.9 Å². The number of sulfonamides is 2. The van der Waals surface area contributed by atoms with Crippen molar-refractivity contribution in [3.8, 4) is 5.75 Å². The molecule has 0 atom stereocenters. The number of para-hydroxylation sites is 2. The summed E-state index contributed by atoms with van der Waals surface area (Å²) in [7, 11) is -5.41. The molecule has 0 aromatic heterocycles. The second-order valence-electron chi connectivity index (χ2n) is 7.09. The monoisotopic (exact) mass is 552 g/mol. The molecule has 14 heteroatoms. The van der Waals surface area contributed by atoms with Gasteiger partial charge in [0, 0.05) is 11.1 Å². The zero-order chi connectivity index (χ0) is 26.5. The Morgan fingerprint density at radius 3 is 2.08 bits per heavy atom. The first-order valence-electron chi connectivity index (χ1n) is 10.1. The van der Waals surface area contributed by atoms with E-state index in [1.807, 2.05) is 0 Å². The molecule has 0 aliphatic carbocycles. The predicted octanol–water partition coefficient (Wildman–Crippen LogP) is 2.13. The van der Waals surface area contributed by atoms with E-state index in [0.29, 0.717) is 5.75 Å². The number of amides is 2. The van der Waals surface area contributed by atoms with Crippen LogP contribution in [0.4, 0.5) is 5.69 Å². The van der Waals surface area contributed by atoms with Gasteiger partial charge in [0.15, 0.2) is 0 Å². The number of benzene rings is 3. The van der Waals surface area contributed by atoms with Gasteiger partial charge in [-0.25, -0.2) is 21.6 Å². The third-order valence-electron chi connectivity index (χ3n) is 4.80. The van der Waals surface area contributed by atoms with Crippen LogP contribution in [0.2, 0.25) is 5.02 Å². The first-order valence-corrected chi connectivity index (χ1v) is 13.4. The molecule has 3 aromatic rings. The summed E-state index contributed by atoms with van der Waals surface area (Å²) in [6, 6.07) is 15.1. The van der Waals surface area contributed by atoms with Crippen molar-refractivity contribution in [3.05, 3.63) is 82.9 Å². The summed E-state index contributed by atoms with van der Waals surface area (Å²) in [4.78, 5) is 24.5. The molecule has 0 fully saturated rings. The lowest BCUT2D eigenvalue weighted by molar-refractivity contribution is 0.0846. The molecule has 0 saturated carbocycles. The quantitative estimate of drug-likeness (QED) is 0.311. The minimum Gasteiger partial charge on any atom is -0.495 e. The van der Waals surface area contributed by atoms with Crippen LogP contribution in [-0.4, -0.2) is 42.8 Å². The maximum atomic E-state index is 12.8. The Kier molecular flexibility index (Phi) is 8.20. The average Bonchev–Trinajstić information content (AvgIpc) is 2.87. The van der Waals surface area contributed by atoms with E-state index in [-0.39, 0.29) is 31.6 Å². The van der Waals surface area contributed by atoms with Crippen LogP contribution < -0.4 is 25.0 Å². The van der Waals surface area contributed by atoms with Crippen molar-refractivity contribution in [3.63, 3.8) is 0 Å². The van der Waals surface area contributed by atoms with E-state index in [4.69, 9.17) is 16.3 Å². The van der Waals surface area contributed by atoms with Crippen molar-refractivity contribution < 1.29 is 31.2 Å². The number of carbonyl (C=O) groups excluding carboxylic acids is 2. The van der Waals surface area contributed by atoms with Gasteiger partial charge in [-0.05, 0) is 55.6 Å². The smallest absolute Gasteiger partial charge is 0.269 e. The molecule has 0 aliphatic heterocycles. The van der Waals surface area contributed by atoms with Gasteiger partial charge in [0.05, 0.1) is 22.7 Å². The highest BCUT2D eigenvalue weighted by atomic mass is 35.5. The second-order valence-corrected chi connectivity index (χ2v) is 11.0. The van der Waals surface area contributed by atoms with Gasteiger partial charge in [-0.2, -0.15) is 0 Å². The molecule has 36 heavy (non-hydrogen) atoms. The van der Waals surface area contributed by atoms with Crippen LogP contribution in [0.3, 0.4) is 0 Å². The maximum absolute atomic E-state index is 12.8. The number of methoxy groups -OCH3 is 1. The Bertz CT molecular complexity index is 1530. The third kappa shape index (κ3) is 6.12. The van der Waals surface area contributed by atoms with Crippen LogP contribution in [-0.2, 0) is 20.0 Å². The van der Waals surface area contributed by atoms with E-state index in [1.165, 1.54) is 50.6 Å². The highest BCUT2D eigenvalue weighted by Crippen LogP contribution is 2.26. The predicted molar refractivity (Wildman–Crippen MR) is 133 cm³/mol. The van der Waals surface area contributed by atoms with Gasteiger partial charge in [0.25, 0.3) is 21.8 Å². The van der Waals surface area contributed by atoms with Gasteiger partial charge in [0.1, 0.15) is 10.6 Å². The summed E-state index contributed by atoms with van der Waals surface area (Å²) >= 11 is 5.91. The molecule has 190 valence electrons. The molecule has 3 rings (SSSR count). The third-order valence-corrected chi connectivity index (χ3v) is 8.06. The number of hydrazine groups is 1. The number of hydrogen-bond acceptors (Lipinski definition) is 7. The Hall–Kier alpha value is -3.65. The molecule has 2 amide bonds. The van der Waals surface area contributed by atoms with Crippen molar-refractivity contribution >= 4 is 49.1 Å². The lowest BCUT2D eigenvalue weighted by Gasteiger charge is -2.13. The number of anilines is 1. The van der Waals surface area contributed by atoms with Crippen molar-refractivity contribution in [2.24, 2.45) is 0 Å². The largest absolute Gasteiger partial charge is 0.495 e. The van der Waals surface area contributed by atoms with Crippen LogP contribution in [0, 0.1) is 0 Å². The number of nitrogens with one attached hydrogen (secondary N) is 4. The van der Waals surface area contributed by atoms with E-state index in [0.717, 1.165) is 12.1 Å². The summed E-state index contributed by atoms with van der Waals surface area (Å²) in [5, 5.41) is -0.0929. The average molecular weight is 553 g/mol. The number of rotatable bonds is 8. The van der Waals surface area contributed by atoms with Crippen LogP contribution in [0.5, 0.6) is 5.75 Å². The van der Waals surface area contributed by atoms with Crippen molar-refractivity contribution in [1.82, 2.24) is 15.6 Å². The van der Waals surface area contributed by atoms with Crippen LogP contribution in [0.1, 0.15) is 20.7 Å². The molecule has 11 nitrogen and oxygen atoms in total. The minimum atomic E-state index is -4.07. The van der Waals surface area contributed by atoms with Crippen molar-refractivity contribution in [2.45, 2.75) is 9.79 Å². The molecule has 0 bridgehead atoms. The molecule has 0 spiro atoms. The van der Waals surface area contributed by atoms with Gasteiger partial charge < -0.3 is 4.74 Å². The number of carbonyl (C=O) groups is 2. The summed E-state index contributed by atoms with van der Waals surface area (Å²) in [6.07, 6.45) is 0. The standard InChI is InChI=1S/C22H21ClN4O7S2/c1-24-36(32,33)20-13-15(10-11-17(20)23)22(29)26-25-21(28)14-6-5-7-16(12-14)35(30,31)27-18-8-3-4-9-19(18)34-2/h3-13,24,27H,1-2H3,(H,25,28)(H,26,29). The molecule has 3 aromatic carbocycles. The normalized spacial score (nSPS) is 11.4. The van der Waals surface area contributed by atoms with Gasteiger partial charge >= 0.3 is 0 Å². The van der Waals surface area contributed by atoms with E-state index < -0.39 is 31.9 Å². The van der Waals surface area contributed by atoms with E-state index in [1.54, 1.807) is 18.2 Å². The highest BCUT2D eigenvalue weighted by Gasteiger charge is 2.20. The van der Waals surface area contributed by atoms with Gasteiger partial charge in [-0.15, -0.1) is 0 Å². The van der Waals surface area contributed by atoms with E-state index in [2.05, 4.69) is 20.3 Å². The number of ether oxygens (including phenoxy) is 1. The maximum Gasteiger partial charge on any atom is 0.269 e. The molecule has 4 N–H and O–H groups in total. The highest BCUT2D eigenvalue weighted by molar-refractivity contribution is 7.92. The van der Waals surface area contributed by atoms with Crippen LogP contribution in [0.15, 0.2) is 76.5 Å². The Labute approximate surface area is 212 Å². The van der Waals surface area contributed by atoms with E-state index in [9.17, 15) is 26.4 Å². The minimum absolute atomic E-state index is 0.0623. The molecule has 0 unspecified atom stereocenters. The van der Waals surface area contributed by atoms with Gasteiger partial charge in [-0.1, -0.05) is 29.8 Å². The lowest BCUT2D eigenvalue weighted by Crippen LogP contribution is -2.41. The summed E-state index contributed by atoms with van der Waals surface area (Å²) in [5.41, 5.74) is 4.37. The molecule has 0 radical (unpaired) electrons. The second kappa shape index (κ2) is 11.0. The molecular weight excluding hydrogens is 532 g/mol. The van der Waals surface area contributed by atoms with Gasteiger partial charge in [-0.3, -0.25) is 25.2 Å². The first-order chi connectivity index (χ1) is 17.0. The topological polar surface area (TPSA) is 160 Å². The molecule has 0 aliphatic rings. The van der Waals surface area contributed by atoms with Crippen LogP contribution in [0.25, 0.3) is 0 Å². The first kappa shape index (κ1) is 26.9. The summed E-state index contributed by atoms with van der Waals surface area (Å²) < 4.78 is 59.4. The molecule has 0 heterocycles. The van der Waals surface area contributed by atoms with E-state index >= 15 is 0 Å². The lowest BCUT2D eigenvalue weighted by atomic mass is 10.2. The SMILES string of the molecule is CNS(=O)(=O)c1cc(C(=O)NNC(=O)c2cccc(S(=O)(=O)Nc3ccccc3OC)c2)ccc1Cl. The Morgan fingerprint density at radius 2 is 1.44 bits per heavy atom. The Morgan fingerprint density at radius 1 is 0.806 bits per heavy atom. The summed E-state index contributed by atoms with van der Waals surface area (Å²) in [5.74, 6) is -1.32. The zero-order valence-electron chi connectivity index (χ0n) is 18.9. The fourth-order valence-electron chi connectivity index (χ4n) is 2.96. The van der Waals surface area contributed by atoms with Crippen LogP contribution >= 0.6 is 11.6 Å². The van der Waals surface area contributed by atoms with Gasteiger partial charge in [0.2, 0.25) is 10.0 Å². The number of halogens is 1. The zero-order valence-corrected chi connectivity index (χ0v) is 21.3.